The molecule has 2 aromatic carbocycles. The van der Waals surface area contributed by atoms with E-state index < -0.39 is 0 Å². The zero-order chi connectivity index (χ0) is 18.3. The molecule has 4 nitrogen and oxygen atoms in total. The van der Waals surface area contributed by atoms with Gasteiger partial charge in [0.25, 0.3) is 5.56 Å². The predicted octanol–water partition coefficient (Wildman–Crippen LogP) is 4.79. The second-order valence-electron chi connectivity index (χ2n) is 6.87. The third kappa shape index (κ3) is 2.64. The molecule has 0 radical (unpaired) electrons. The van der Waals surface area contributed by atoms with E-state index >= 15 is 0 Å². The van der Waals surface area contributed by atoms with Crippen LogP contribution >= 0.6 is 0 Å². The Kier molecular flexibility index (Phi) is 3.96. The van der Waals surface area contributed by atoms with Crippen LogP contribution in [0.25, 0.3) is 28.0 Å². The first-order chi connectivity index (χ1) is 12.6. The Morgan fingerprint density at radius 3 is 2.38 bits per heavy atom. The highest BCUT2D eigenvalue weighted by molar-refractivity contribution is 5.81. The van der Waals surface area contributed by atoms with Crippen molar-refractivity contribution in [3.8, 4) is 22.4 Å². The molecule has 0 spiro atoms. The third-order valence-electron chi connectivity index (χ3n) is 4.70. The van der Waals surface area contributed by atoms with E-state index in [0.29, 0.717) is 11.3 Å². The Morgan fingerprint density at radius 2 is 1.69 bits per heavy atom. The molecule has 0 amide bonds. The maximum atomic E-state index is 12.8. The molecule has 2 heterocycles. The van der Waals surface area contributed by atoms with Gasteiger partial charge in [0.15, 0.2) is 5.65 Å². The van der Waals surface area contributed by atoms with Gasteiger partial charge in [-0.3, -0.25) is 9.89 Å². The molecule has 26 heavy (non-hydrogen) atoms. The van der Waals surface area contributed by atoms with E-state index in [1.165, 1.54) is 0 Å². The van der Waals surface area contributed by atoms with Gasteiger partial charge in [0.05, 0.1) is 5.69 Å². The van der Waals surface area contributed by atoms with Gasteiger partial charge in [-0.1, -0.05) is 68.4 Å². The van der Waals surface area contributed by atoms with Gasteiger partial charge in [0.2, 0.25) is 0 Å². The van der Waals surface area contributed by atoms with E-state index in [2.05, 4.69) is 31.1 Å². The van der Waals surface area contributed by atoms with Crippen LogP contribution in [0.3, 0.4) is 0 Å². The van der Waals surface area contributed by atoms with Gasteiger partial charge in [-0.05, 0) is 24.0 Å². The van der Waals surface area contributed by atoms with Crippen molar-refractivity contribution in [2.45, 2.75) is 26.7 Å². The summed E-state index contributed by atoms with van der Waals surface area (Å²) in [5.41, 5.74) is 6.44. The number of rotatable bonds is 3. The van der Waals surface area contributed by atoms with Gasteiger partial charge in [-0.25, -0.2) is 9.50 Å². The first-order valence-corrected chi connectivity index (χ1v) is 8.83. The maximum Gasteiger partial charge on any atom is 0.273 e. The van der Waals surface area contributed by atoms with Crippen LogP contribution in [0.15, 0.2) is 65.5 Å². The molecule has 0 saturated heterocycles. The van der Waals surface area contributed by atoms with Gasteiger partial charge in [-0.15, -0.1) is 0 Å². The summed E-state index contributed by atoms with van der Waals surface area (Å²) in [6.07, 6.45) is 0. The fourth-order valence-corrected chi connectivity index (χ4v) is 3.36. The molecule has 4 aromatic rings. The summed E-state index contributed by atoms with van der Waals surface area (Å²) >= 11 is 0. The lowest BCUT2D eigenvalue weighted by atomic mass is 9.99. The standard InChI is InChI=1S/C22H21N3O/c1-14(2)21-20(16-10-5-4-6-11-16)22-23-18(13-19(26)25(22)24-21)17-12-8-7-9-15(17)3/h4-14,24H,1-3H3. The molecule has 2 aromatic heterocycles. The van der Waals surface area contributed by atoms with E-state index in [9.17, 15) is 4.79 Å². The predicted molar refractivity (Wildman–Crippen MR) is 106 cm³/mol. The zero-order valence-electron chi connectivity index (χ0n) is 15.2. The third-order valence-corrected chi connectivity index (χ3v) is 4.70. The molecular weight excluding hydrogens is 322 g/mol. The molecule has 0 atom stereocenters. The highest BCUT2D eigenvalue weighted by Gasteiger charge is 2.19. The molecule has 4 heteroatoms. The van der Waals surface area contributed by atoms with E-state index in [4.69, 9.17) is 4.98 Å². The lowest BCUT2D eigenvalue weighted by Gasteiger charge is -2.07. The molecule has 0 unspecified atom stereocenters. The molecule has 0 aliphatic rings. The van der Waals surface area contributed by atoms with Crippen molar-refractivity contribution in [2.24, 2.45) is 0 Å². The maximum absolute atomic E-state index is 12.8. The highest BCUT2D eigenvalue weighted by atomic mass is 16.1. The first-order valence-electron chi connectivity index (χ1n) is 8.83. The fourth-order valence-electron chi connectivity index (χ4n) is 3.36. The van der Waals surface area contributed by atoms with Crippen LogP contribution in [0.5, 0.6) is 0 Å². The van der Waals surface area contributed by atoms with E-state index in [1.54, 1.807) is 10.6 Å². The highest BCUT2D eigenvalue weighted by Crippen LogP contribution is 2.32. The summed E-state index contributed by atoms with van der Waals surface area (Å²) in [5.74, 6) is 0.244. The van der Waals surface area contributed by atoms with Crippen molar-refractivity contribution in [1.82, 2.24) is 14.6 Å². The van der Waals surface area contributed by atoms with Gasteiger partial charge >= 0.3 is 0 Å². The second-order valence-corrected chi connectivity index (χ2v) is 6.87. The van der Waals surface area contributed by atoms with Crippen molar-refractivity contribution >= 4 is 5.65 Å². The number of aryl methyl sites for hydroxylation is 1. The summed E-state index contributed by atoms with van der Waals surface area (Å²) in [5, 5.41) is 3.27. The number of benzene rings is 2. The summed E-state index contributed by atoms with van der Waals surface area (Å²) < 4.78 is 1.56. The van der Waals surface area contributed by atoms with Gasteiger partial charge in [0.1, 0.15) is 0 Å². The number of hydrogen-bond donors (Lipinski definition) is 1. The van der Waals surface area contributed by atoms with Crippen molar-refractivity contribution in [3.63, 3.8) is 0 Å². The smallest absolute Gasteiger partial charge is 0.273 e. The van der Waals surface area contributed by atoms with Crippen molar-refractivity contribution < 1.29 is 0 Å². The molecule has 1 N–H and O–H groups in total. The molecule has 0 saturated carbocycles. The second kappa shape index (κ2) is 6.30. The quantitative estimate of drug-likeness (QED) is 0.581. The summed E-state index contributed by atoms with van der Waals surface area (Å²) in [7, 11) is 0. The van der Waals surface area contributed by atoms with Crippen LogP contribution < -0.4 is 5.56 Å². The molecule has 0 fully saturated rings. The lowest BCUT2D eigenvalue weighted by molar-refractivity contribution is 0.777. The number of fused-ring (bicyclic) bond motifs is 1. The Bertz CT molecular complexity index is 1140. The summed E-state index contributed by atoms with van der Waals surface area (Å²) in [4.78, 5) is 17.7. The summed E-state index contributed by atoms with van der Waals surface area (Å²) in [6, 6.07) is 19.7. The van der Waals surface area contributed by atoms with Crippen LogP contribution in [0.4, 0.5) is 0 Å². The van der Waals surface area contributed by atoms with Crippen molar-refractivity contribution in [2.75, 3.05) is 0 Å². The van der Waals surface area contributed by atoms with Gasteiger partial charge in [0, 0.05) is 22.9 Å². The molecule has 4 rings (SSSR count). The number of H-pyrrole nitrogens is 1. The molecular formula is C22H21N3O. The zero-order valence-corrected chi connectivity index (χ0v) is 15.2. The SMILES string of the molecule is Cc1ccccc1-c1cc(=O)n2[nH]c(C(C)C)c(-c3ccccc3)c2n1. The topological polar surface area (TPSA) is 50.2 Å². The number of nitrogens with zero attached hydrogens (tertiary/aromatic N) is 2. The van der Waals surface area contributed by atoms with E-state index in [-0.39, 0.29) is 11.5 Å². The van der Waals surface area contributed by atoms with Gasteiger partial charge in [-0.2, -0.15) is 0 Å². The number of hydrogen-bond acceptors (Lipinski definition) is 2. The molecule has 0 bridgehead atoms. The normalized spacial score (nSPS) is 11.4. The van der Waals surface area contributed by atoms with Gasteiger partial charge < -0.3 is 0 Å². The Labute approximate surface area is 152 Å². The Balaban J connectivity index is 2.07. The van der Waals surface area contributed by atoms with Crippen LogP contribution in [0.1, 0.15) is 31.0 Å². The Hall–Kier alpha value is -3.14. The monoisotopic (exact) mass is 343 g/mol. The van der Waals surface area contributed by atoms with Crippen LogP contribution in [0.2, 0.25) is 0 Å². The fraction of sp³-hybridized carbons (Fsp3) is 0.182. The molecule has 130 valence electrons. The number of nitrogens with one attached hydrogen (secondary N) is 1. The average molecular weight is 343 g/mol. The Morgan fingerprint density at radius 1 is 1.00 bits per heavy atom. The minimum Gasteiger partial charge on any atom is -0.293 e. The summed E-state index contributed by atoms with van der Waals surface area (Å²) in [6.45, 7) is 6.27. The van der Waals surface area contributed by atoms with E-state index in [1.807, 2.05) is 49.4 Å². The molecule has 0 aliphatic heterocycles. The average Bonchev–Trinajstić information content (AvgIpc) is 3.03. The van der Waals surface area contributed by atoms with Crippen LogP contribution in [0, 0.1) is 6.92 Å². The van der Waals surface area contributed by atoms with Crippen LogP contribution in [-0.2, 0) is 0 Å². The number of aromatic nitrogens is 3. The van der Waals surface area contributed by atoms with Crippen molar-refractivity contribution in [1.29, 1.82) is 0 Å². The number of aromatic amines is 1. The first kappa shape index (κ1) is 16.3. The minimum absolute atomic E-state index is 0.0997. The lowest BCUT2D eigenvalue weighted by Crippen LogP contribution is -2.14. The minimum atomic E-state index is -0.0997. The molecule has 0 aliphatic carbocycles. The van der Waals surface area contributed by atoms with Crippen LogP contribution in [-0.4, -0.2) is 14.6 Å². The van der Waals surface area contributed by atoms with E-state index in [0.717, 1.165) is 27.9 Å². The van der Waals surface area contributed by atoms with Crippen molar-refractivity contribution in [3.05, 3.63) is 82.3 Å². The largest absolute Gasteiger partial charge is 0.293 e.